The van der Waals surface area contributed by atoms with E-state index in [1.54, 1.807) is 0 Å². The standard InChI is InChI=1S/C12H11BrF3NO2/c13-8-1-2-10(9(5-8)12(14,15)16)17-11(18)7-3-4-19-6-7/h1-2,5,7H,3-4,6H2,(H,17,18)/t7-/m1/s1. The summed E-state index contributed by atoms with van der Waals surface area (Å²) in [6, 6.07) is 3.64. The van der Waals surface area contributed by atoms with Gasteiger partial charge in [-0.05, 0) is 24.6 Å². The summed E-state index contributed by atoms with van der Waals surface area (Å²) in [5, 5.41) is 2.33. The van der Waals surface area contributed by atoms with Gasteiger partial charge in [0.15, 0.2) is 0 Å². The molecule has 19 heavy (non-hydrogen) atoms. The van der Waals surface area contributed by atoms with E-state index in [-0.39, 0.29) is 18.2 Å². The van der Waals surface area contributed by atoms with Crippen molar-refractivity contribution in [1.82, 2.24) is 0 Å². The van der Waals surface area contributed by atoms with Crippen molar-refractivity contribution >= 4 is 27.5 Å². The summed E-state index contributed by atoms with van der Waals surface area (Å²) in [4.78, 5) is 11.8. The number of alkyl halides is 3. The van der Waals surface area contributed by atoms with Gasteiger partial charge >= 0.3 is 6.18 Å². The maximum absolute atomic E-state index is 12.9. The fourth-order valence-corrected chi connectivity index (χ4v) is 2.20. The fraction of sp³-hybridized carbons (Fsp3) is 0.417. The average Bonchev–Trinajstić information content (AvgIpc) is 2.83. The van der Waals surface area contributed by atoms with Crippen molar-refractivity contribution in [2.24, 2.45) is 5.92 Å². The molecule has 0 bridgehead atoms. The minimum absolute atomic E-state index is 0.229. The second kappa shape index (κ2) is 5.50. The summed E-state index contributed by atoms with van der Waals surface area (Å²) >= 11 is 2.99. The molecule has 1 aliphatic rings. The van der Waals surface area contributed by atoms with Crippen molar-refractivity contribution in [2.75, 3.05) is 18.5 Å². The largest absolute Gasteiger partial charge is 0.418 e. The molecular formula is C12H11BrF3NO2. The minimum Gasteiger partial charge on any atom is -0.381 e. The lowest BCUT2D eigenvalue weighted by Gasteiger charge is -2.15. The Bertz CT molecular complexity index is 484. The molecule has 1 fully saturated rings. The highest BCUT2D eigenvalue weighted by molar-refractivity contribution is 9.10. The van der Waals surface area contributed by atoms with E-state index in [1.165, 1.54) is 12.1 Å². The first-order valence-electron chi connectivity index (χ1n) is 5.63. The Kier molecular flexibility index (Phi) is 4.15. The average molecular weight is 338 g/mol. The molecule has 3 nitrogen and oxygen atoms in total. The number of carbonyl (C=O) groups is 1. The van der Waals surface area contributed by atoms with Gasteiger partial charge in [-0.1, -0.05) is 15.9 Å². The zero-order chi connectivity index (χ0) is 14.0. The van der Waals surface area contributed by atoms with Crippen LogP contribution in [0.25, 0.3) is 0 Å². The zero-order valence-electron chi connectivity index (χ0n) is 9.76. The van der Waals surface area contributed by atoms with Gasteiger partial charge in [0.2, 0.25) is 5.91 Å². The van der Waals surface area contributed by atoms with Crippen LogP contribution in [-0.2, 0) is 15.7 Å². The van der Waals surface area contributed by atoms with Crippen molar-refractivity contribution in [3.8, 4) is 0 Å². The molecular weight excluding hydrogens is 327 g/mol. The number of ether oxygens (including phenoxy) is 1. The summed E-state index contributed by atoms with van der Waals surface area (Å²) in [6.45, 7) is 0.717. The lowest BCUT2D eigenvalue weighted by molar-refractivity contribution is -0.137. The maximum Gasteiger partial charge on any atom is 0.418 e. The Balaban J connectivity index is 2.22. The third kappa shape index (κ3) is 3.48. The zero-order valence-corrected chi connectivity index (χ0v) is 11.3. The third-order valence-corrected chi connectivity index (χ3v) is 3.34. The van der Waals surface area contributed by atoms with Crippen molar-refractivity contribution in [3.63, 3.8) is 0 Å². The second-order valence-electron chi connectivity index (χ2n) is 4.24. The van der Waals surface area contributed by atoms with Crippen LogP contribution in [0.15, 0.2) is 22.7 Å². The molecule has 0 saturated carbocycles. The minimum atomic E-state index is -4.52. The van der Waals surface area contributed by atoms with Crippen molar-refractivity contribution in [3.05, 3.63) is 28.2 Å². The highest BCUT2D eigenvalue weighted by Crippen LogP contribution is 2.36. The summed E-state index contributed by atoms with van der Waals surface area (Å²) in [5.41, 5.74) is -1.10. The highest BCUT2D eigenvalue weighted by Gasteiger charge is 2.35. The molecule has 7 heteroatoms. The van der Waals surface area contributed by atoms with Crippen LogP contribution in [0.2, 0.25) is 0 Å². The first-order valence-corrected chi connectivity index (χ1v) is 6.42. The highest BCUT2D eigenvalue weighted by atomic mass is 79.9. The number of carbonyl (C=O) groups excluding carboxylic acids is 1. The number of amides is 1. The molecule has 1 aromatic rings. The molecule has 1 saturated heterocycles. The van der Waals surface area contributed by atoms with Crippen molar-refractivity contribution < 1.29 is 22.7 Å². The molecule has 0 radical (unpaired) electrons. The monoisotopic (exact) mass is 337 g/mol. The Morgan fingerprint density at radius 2 is 2.16 bits per heavy atom. The first-order chi connectivity index (χ1) is 8.88. The molecule has 0 aliphatic carbocycles. The Hall–Kier alpha value is -1.08. The predicted octanol–water partition coefficient (Wildman–Crippen LogP) is 3.44. The summed E-state index contributed by atoms with van der Waals surface area (Å²) < 4.78 is 43.9. The predicted molar refractivity (Wildman–Crippen MR) is 66.7 cm³/mol. The smallest absolute Gasteiger partial charge is 0.381 e. The molecule has 2 rings (SSSR count). The number of anilines is 1. The van der Waals surface area contributed by atoms with E-state index in [0.717, 1.165) is 6.07 Å². The molecule has 1 aromatic carbocycles. The summed E-state index contributed by atoms with van der Waals surface area (Å²) in [5.74, 6) is -0.824. The van der Waals surface area contributed by atoms with Gasteiger partial charge in [0.05, 0.1) is 23.8 Å². The van der Waals surface area contributed by atoms with Crippen LogP contribution in [0.3, 0.4) is 0 Å². The van der Waals surface area contributed by atoms with Gasteiger partial charge in [-0.3, -0.25) is 4.79 Å². The van der Waals surface area contributed by atoms with E-state index >= 15 is 0 Å². The van der Waals surface area contributed by atoms with Crippen LogP contribution in [-0.4, -0.2) is 19.1 Å². The number of nitrogens with one attached hydrogen (secondary N) is 1. The molecule has 1 amide bonds. The van der Waals surface area contributed by atoms with Crippen LogP contribution in [0.1, 0.15) is 12.0 Å². The van der Waals surface area contributed by atoms with Gasteiger partial charge in [0, 0.05) is 11.1 Å². The third-order valence-electron chi connectivity index (χ3n) is 2.85. The molecule has 1 heterocycles. The number of benzene rings is 1. The molecule has 104 valence electrons. The van der Waals surface area contributed by atoms with E-state index in [2.05, 4.69) is 21.2 Å². The van der Waals surface area contributed by atoms with Gasteiger partial charge in [-0.15, -0.1) is 0 Å². The topological polar surface area (TPSA) is 38.3 Å². The van der Waals surface area contributed by atoms with Crippen LogP contribution in [0.5, 0.6) is 0 Å². The molecule has 0 aromatic heterocycles. The Labute approximate surface area is 116 Å². The van der Waals surface area contributed by atoms with Crippen LogP contribution >= 0.6 is 15.9 Å². The van der Waals surface area contributed by atoms with Gasteiger partial charge in [0.1, 0.15) is 0 Å². The summed E-state index contributed by atoms with van der Waals surface area (Å²) in [7, 11) is 0. The van der Waals surface area contributed by atoms with Crippen LogP contribution in [0, 0.1) is 5.92 Å². The molecule has 0 spiro atoms. The van der Waals surface area contributed by atoms with Crippen molar-refractivity contribution in [1.29, 1.82) is 0 Å². The maximum atomic E-state index is 12.9. The number of halogens is 4. The van der Waals surface area contributed by atoms with E-state index in [9.17, 15) is 18.0 Å². The second-order valence-corrected chi connectivity index (χ2v) is 5.15. The number of hydrogen-bond acceptors (Lipinski definition) is 2. The SMILES string of the molecule is O=C(Nc1ccc(Br)cc1C(F)(F)F)[C@@H]1CCOC1. The van der Waals surface area contributed by atoms with Gasteiger partial charge in [0.25, 0.3) is 0 Å². The number of hydrogen-bond donors (Lipinski definition) is 1. The first kappa shape index (κ1) is 14.3. The van der Waals surface area contributed by atoms with E-state index < -0.39 is 17.6 Å². The van der Waals surface area contributed by atoms with Crippen LogP contribution in [0.4, 0.5) is 18.9 Å². The lowest BCUT2D eigenvalue weighted by Crippen LogP contribution is -2.24. The van der Waals surface area contributed by atoms with Crippen LogP contribution < -0.4 is 5.32 Å². The molecule has 1 aliphatic heterocycles. The summed E-state index contributed by atoms with van der Waals surface area (Å²) in [6.07, 6.45) is -3.98. The van der Waals surface area contributed by atoms with Gasteiger partial charge < -0.3 is 10.1 Å². The fourth-order valence-electron chi connectivity index (χ4n) is 1.84. The molecule has 1 N–H and O–H groups in total. The van der Waals surface area contributed by atoms with Crippen molar-refractivity contribution in [2.45, 2.75) is 12.6 Å². The quantitative estimate of drug-likeness (QED) is 0.897. The molecule has 1 atom stereocenters. The van der Waals surface area contributed by atoms with E-state index in [4.69, 9.17) is 4.74 Å². The molecule has 0 unspecified atom stereocenters. The van der Waals surface area contributed by atoms with Gasteiger partial charge in [-0.2, -0.15) is 13.2 Å². The lowest BCUT2D eigenvalue weighted by atomic mass is 10.1. The Morgan fingerprint density at radius 3 is 2.74 bits per heavy atom. The van der Waals surface area contributed by atoms with E-state index in [0.29, 0.717) is 17.5 Å². The van der Waals surface area contributed by atoms with E-state index in [1.807, 2.05) is 0 Å². The van der Waals surface area contributed by atoms with Gasteiger partial charge in [-0.25, -0.2) is 0 Å². The Morgan fingerprint density at radius 1 is 1.42 bits per heavy atom. The number of rotatable bonds is 2. The normalized spacial score (nSPS) is 19.5.